The van der Waals surface area contributed by atoms with Gasteiger partial charge < -0.3 is 9.84 Å². The van der Waals surface area contributed by atoms with Gasteiger partial charge in [-0.15, -0.1) is 11.8 Å². The minimum Gasteiger partial charge on any atom is -0.482 e. The van der Waals surface area contributed by atoms with Gasteiger partial charge in [-0.1, -0.05) is 48.5 Å². The number of thioether (sulfide) groups is 1. The smallest absolute Gasteiger partial charge is 0.341 e. The van der Waals surface area contributed by atoms with E-state index >= 15 is 0 Å². The maximum absolute atomic E-state index is 13.8. The van der Waals surface area contributed by atoms with Crippen LogP contribution in [0.1, 0.15) is 11.1 Å². The number of ether oxygens (including phenoxy) is 1. The molecule has 0 heterocycles. The quantitative estimate of drug-likeness (QED) is 0.287. The van der Waals surface area contributed by atoms with Crippen LogP contribution in [0.25, 0.3) is 5.57 Å². The Morgan fingerprint density at radius 3 is 2.48 bits per heavy atom. The number of aliphatic carboxylic acids is 1. The lowest BCUT2D eigenvalue weighted by Crippen LogP contribution is -2.09. The molecule has 0 amide bonds. The molecule has 1 N–H and O–H groups in total. The number of halogens is 2. The van der Waals surface area contributed by atoms with Crippen molar-refractivity contribution < 1.29 is 19.0 Å². The van der Waals surface area contributed by atoms with E-state index in [1.54, 1.807) is 30.0 Å². The van der Waals surface area contributed by atoms with Gasteiger partial charge in [-0.2, -0.15) is 0 Å². The largest absolute Gasteiger partial charge is 0.482 e. The minimum absolute atomic E-state index is 0.261. The Hall–Kier alpha value is -2.32. The maximum atomic E-state index is 13.8. The van der Waals surface area contributed by atoms with E-state index in [1.165, 1.54) is 6.07 Å². The Bertz CT molecular complexity index is 1020. The first-order valence-corrected chi connectivity index (χ1v) is 10.9. The number of benzene rings is 3. The molecule has 0 bridgehead atoms. The molecule has 29 heavy (non-hydrogen) atoms. The molecule has 0 spiro atoms. The number of carboxylic acid groups (broad SMARTS) is 1. The zero-order valence-corrected chi connectivity index (χ0v) is 18.3. The van der Waals surface area contributed by atoms with Crippen LogP contribution in [0.15, 0.2) is 83.8 Å². The van der Waals surface area contributed by atoms with Gasteiger partial charge in [0.2, 0.25) is 0 Å². The summed E-state index contributed by atoms with van der Waals surface area (Å²) < 4.78 is 19.9. The van der Waals surface area contributed by atoms with Crippen LogP contribution in [0, 0.1) is 9.39 Å². The van der Waals surface area contributed by atoms with Crippen molar-refractivity contribution in [1.29, 1.82) is 0 Å². The van der Waals surface area contributed by atoms with Crippen molar-refractivity contribution in [3.8, 4) is 5.75 Å². The van der Waals surface area contributed by atoms with E-state index in [9.17, 15) is 9.18 Å². The zero-order chi connectivity index (χ0) is 20.6. The van der Waals surface area contributed by atoms with E-state index in [1.807, 2.05) is 48.5 Å². The molecule has 3 aromatic carbocycles. The Kier molecular flexibility index (Phi) is 7.71. The summed E-state index contributed by atoms with van der Waals surface area (Å²) in [6, 6.07) is 22.0. The van der Waals surface area contributed by atoms with Gasteiger partial charge in [0.15, 0.2) is 6.61 Å². The van der Waals surface area contributed by atoms with Crippen molar-refractivity contribution >= 4 is 45.9 Å². The Balaban J connectivity index is 1.77. The highest BCUT2D eigenvalue weighted by atomic mass is 127. The van der Waals surface area contributed by atoms with Crippen LogP contribution in [0.3, 0.4) is 0 Å². The third-order valence-corrected chi connectivity index (χ3v) is 6.27. The molecule has 0 atom stereocenters. The van der Waals surface area contributed by atoms with E-state index in [0.29, 0.717) is 11.5 Å². The predicted octanol–water partition coefficient (Wildman–Crippen LogP) is 6.12. The zero-order valence-electron chi connectivity index (χ0n) is 15.3. The third kappa shape index (κ3) is 6.33. The van der Waals surface area contributed by atoms with Crippen molar-refractivity contribution in [3.63, 3.8) is 0 Å². The topological polar surface area (TPSA) is 46.5 Å². The van der Waals surface area contributed by atoms with Gasteiger partial charge in [0.25, 0.3) is 0 Å². The van der Waals surface area contributed by atoms with Gasteiger partial charge in [-0.3, -0.25) is 0 Å². The Morgan fingerprint density at radius 1 is 1.03 bits per heavy atom. The summed E-state index contributed by atoms with van der Waals surface area (Å²) in [5.41, 5.74) is 2.85. The molecule has 0 saturated heterocycles. The van der Waals surface area contributed by atoms with Gasteiger partial charge in [-0.05, 0) is 69.6 Å². The van der Waals surface area contributed by atoms with Crippen molar-refractivity contribution in [2.75, 3.05) is 12.4 Å². The van der Waals surface area contributed by atoms with Crippen LogP contribution in [-0.4, -0.2) is 23.4 Å². The fraction of sp³-hybridized carbons (Fsp3) is 0.0870. The molecular weight excluding hydrogens is 502 g/mol. The molecule has 6 heteroatoms. The molecule has 0 fully saturated rings. The van der Waals surface area contributed by atoms with Crippen molar-refractivity contribution in [2.45, 2.75) is 4.90 Å². The molecule has 0 saturated carbocycles. The highest BCUT2D eigenvalue weighted by molar-refractivity contribution is 14.1. The highest BCUT2D eigenvalue weighted by Gasteiger charge is 2.08. The highest BCUT2D eigenvalue weighted by Crippen LogP contribution is 2.30. The van der Waals surface area contributed by atoms with Gasteiger partial charge in [0.1, 0.15) is 11.6 Å². The second-order valence-electron chi connectivity index (χ2n) is 6.08. The second kappa shape index (κ2) is 10.5. The number of carboxylic acids is 1. The standard InChI is InChI=1S/C23H18FIO3S/c24-18-8-4-7-17(13-18)20(16-5-2-1-3-6-16)11-12-29-22-10-9-19(14-21(22)25)28-15-23(26)27/h1-11,13-14H,12,15H2,(H,26,27). The molecule has 3 nitrogen and oxygen atoms in total. The van der Waals surface area contributed by atoms with Crippen LogP contribution >= 0.6 is 34.4 Å². The molecule has 0 aromatic heterocycles. The molecule has 148 valence electrons. The Morgan fingerprint density at radius 2 is 1.79 bits per heavy atom. The fourth-order valence-electron chi connectivity index (χ4n) is 2.72. The number of hydrogen-bond acceptors (Lipinski definition) is 3. The van der Waals surface area contributed by atoms with Gasteiger partial charge in [-0.25, -0.2) is 9.18 Å². The lowest BCUT2D eigenvalue weighted by Gasteiger charge is -2.10. The summed E-state index contributed by atoms with van der Waals surface area (Å²) in [6.45, 7) is -0.362. The summed E-state index contributed by atoms with van der Waals surface area (Å²) >= 11 is 3.86. The first kappa shape index (κ1) is 21.4. The monoisotopic (exact) mass is 520 g/mol. The van der Waals surface area contributed by atoms with Crippen LogP contribution in [-0.2, 0) is 4.79 Å². The van der Waals surface area contributed by atoms with Crippen molar-refractivity contribution in [3.05, 3.63) is 99.4 Å². The lowest BCUT2D eigenvalue weighted by atomic mass is 9.98. The van der Waals surface area contributed by atoms with Crippen molar-refractivity contribution in [2.24, 2.45) is 0 Å². The summed E-state index contributed by atoms with van der Waals surface area (Å²) in [6.07, 6.45) is 2.10. The van der Waals surface area contributed by atoms with Crippen LogP contribution in [0.2, 0.25) is 0 Å². The summed E-state index contributed by atoms with van der Waals surface area (Å²) in [7, 11) is 0. The minimum atomic E-state index is -1.01. The summed E-state index contributed by atoms with van der Waals surface area (Å²) in [5.74, 6) is -0.0363. The number of hydrogen-bond donors (Lipinski definition) is 1. The van der Waals surface area contributed by atoms with Gasteiger partial charge in [0, 0.05) is 14.2 Å². The first-order valence-electron chi connectivity index (χ1n) is 8.81. The molecule has 0 unspecified atom stereocenters. The maximum Gasteiger partial charge on any atom is 0.341 e. The SMILES string of the molecule is O=C(O)COc1ccc(SCC=C(c2ccccc2)c2cccc(F)c2)c(I)c1. The molecular formula is C23H18FIO3S. The van der Waals surface area contributed by atoms with E-state index in [2.05, 4.69) is 28.7 Å². The molecule has 3 aromatic rings. The average Bonchev–Trinajstić information content (AvgIpc) is 2.71. The first-order chi connectivity index (χ1) is 14.0. The van der Waals surface area contributed by atoms with E-state index in [4.69, 9.17) is 9.84 Å². The number of carbonyl (C=O) groups is 1. The van der Waals surface area contributed by atoms with E-state index in [-0.39, 0.29) is 12.4 Å². The van der Waals surface area contributed by atoms with E-state index < -0.39 is 5.97 Å². The van der Waals surface area contributed by atoms with Gasteiger partial charge in [0.05, 0.1) is 0 Å². The third-order valence-electron chi connectivity index (χ3n) is 4.01. The number of rotatable bonds is 8. The van der Waals surface area contributed by atoms with E-state index in [0.717, 1.165) is 25.2 Å². The summed E-state index contributed by atoms with van der Waals surface area (Å²) in [4.78, 5) is 11.7. The van der Waals surface area contributed by atoms with Crippen LogP contribution in [0.4, 0.5) is 4.39 Å². The molecule has 0 radical (unpaired) electrons. The fourth-order valence-corrected chi connectivity index (χ4v) is 4.47. The molecule has 3 rings (SSSR count). The average molecular weight is 520 g/mol. The molecule has 0 aliphatic heterocycles. The molecule has 0 aliphatic carbocycles. The second-order valence-corrected chi connectivity index (χ2v) is 8.30. The van der Waals surface area contributed by atoms with Crippen molar-refractivity contribution in [1.82, 2.24) is 0 Å². The predicted molar refractivity (Wildman–Crippen MR) is 123 cm³/mol. The van der Waals surface area contributed by atoms with Gasteiger partial charge >= 0.3 is 5.97 Å². The Labute approximate surface area is 186 Å². The summed E-state index contributed by atoms with van der Waals surface area (Å²) in [5, 5.41) is 8.71. The van der Waals surface area contributed by atoms with Crippen LogP contribution < -0.4 is 4.74 Å². The molecule has 0 aliphatic rings. The normalized spacial score (nSPS) is 11.3. The lowest BCUT2D eigenvalue weighted by molar-refractivity contribution is -0.139. The van der Waals surface area contributed by atoms with Crippen LogP contribution in [0.5, 0.6) is 5.75 Å².